The standard InChI is InChI=1S/C51H46Cl4N12O6/c1-2-41(68)57-31-14-12-29(13-15-31)24-65-20-17-34(27-65)60-51-47(73-51)45-40(62-49(71)44-37(54)10-5-11-38(44)55)28-67(64-45)21-18-42(69)58-32-7-3-6-30(22-32)25-66-19-16-33(26-66)59-50(72)46-39(23-56-63-46)61-48(70)43-35(52)8-4-9-36(43)53/h2-15,18,21-23,28,33,47,51H,1,16-17,19-20,24-27H2,(H,56,63)(H,57,68)(H,58,69)(H,59,72)(H,61,70)(H,62,71)/b21-18+,60-34+/t33-,47?,51?/m0/s1. The van der Waals surface area contributed by atoms with Crippen LogP contribution >= 0.6 is 46.4 Å². The van der Waals surface area contributed by atoms with Crippen LogP contribution in [0.5, 0.6) is 0 Å². The van der Waals surface area contributed by atoms with E-state index in [1.165, 1.54) is 29.2 Å². The number of anilines is 4. The molecule has 0 aliphatic carbocycles. The van der Waals surface area contributed by atoms with Crippen LogP contribution in [0.2, 0.25) is 20.1 Å². The minimum absolute atomic E-state index is 0.0850. The maximum atomic E-state index is 13.6. The van der Waals surface area contributed by atoms with Crippen molar-refractivity contribution in [2.45, 2.75) is 44.3 Å². The molecule has 0 radical (unpaired) electrons. The second-order valence-corrected chi connectivity index (χ2v) is 19.0. The lowest BCUT2D eigenvalue weighted by atomic mass is 10.2. The van der Waals surface area contributed by atoms with Crippen molar-refractivity contribution in [2.24, 2.45) is 4.99 Å². The number of carbonyl (C=O) groups excluding carboxylic acids is 5. The third kappa shape index (κ3) is 12.7. The lowest BCUT2D eigenvalue weighted by Crippen LogP contribution is -2.37. The molecule has 2 aromatic heterocycles. The Bertz CT molecular complexity index is 3130. The molecule has 9 rings (SSSR count). The van der Waals surface area contributed by atoms with E-state index in [0.29, 0.717) is 61.9 Å². The lowest BCUT2D eigenvalue weighted by molar-refractivity contribution is -0.112. The average Bonchev–Trinajstić information content (AvgIpc) is 3.82. The van der Waals surface area contributed by atoms with Gasteiger partial charge in [0.05, 0.1) is 55.0 Å². The monoisotopic (exact) mass is 1060 g/mol. The summed E-state index contributed by atoms with van der Waals surface area (Å²) < 4.78 is 7.43. The second kappa shape index (κ2) is 22.7. The highest BCUT2D eigenvalue weighted by molar-refractivity contribution is 6.41. The van der Waals surface area contributed by atoms with E-state index in [1.54, 1.807) is 48.7 Å². The Morgan fingerprint density at radius 1 is 0.753 bits per heavy atom. The summed E-state index contributed by atoms with van der Waals surface area (Å²) in [5.41, 5.74) is 5.44. The summed E-state index contributed by atoms with van der Waals surface area (Å²) in [7, 11) is 0. The minimum Gasteiger partial charge on any atom is -0.347 e. The van der Waals surface area contributed by atoms with Gasteiger partial charge in [0, 0.05) is 74.7 Å². The molecule has 73 heavy (non-hydrogen) atoms. The Labute approximate surface area is 438 Å². The number of aromatic amines is 1. The fourth-order valence-electron chi connectivity index (χ4n) is 8.50. The third-order valence-corrected chi connectivity index (χ3v) is 13.3. The number of likely N-dealkylation sites (tertiary alicyclic amines) is 2. The topological polar surface area (TPSA) is 223 Å². The molecule has 3 aliphatic rings. The molecular formula is C51H46Cl4N12O6. The highest BCUT2D eigenvalue weighted by Crippen LogP contribution is 2.43. The predicted molar refractivity (Wildman–Crippen MR) is 281 cm³/mol. The molecule has 3 fully saturated rings. The van der Waals surface area contributed by atoms with Gasteiger partial charge in [0.25, 0.3) is 17.7 Å². The number of hydrogen-bond acceptors (Lipinski definition) is 11. The zero-order chi connectivity index (χ0) is 51.2. The van der Waals surface area contributed by atoms with Crippen molar-refractivity contribution in [2.75, 3.05) is 47.4 Å². The molecule has 4 aromatic carbocycles. The van der Waals surface area contributed by atoms with Gasteiger partial charge < -0.3 is 31.3 Å². The molecule has 2 unspecified atom stereocenters. The molecule has 0 bridgehead atoms. The third-order valence-electron chi connectivity index (χ3n) is 12.1. The van der Waals surface area contributed by atoms with Crippen LogP contribution in [0.1, 0.15) is 67.0 Å². The molecule has 3 atom stereocenters. The molecule has 18 nitrogen and oxygen atoms in total. The number of rotatable bonds is 17. The van der Waals surface area contributed by atoms with Gasteiger partial charge in [-0.3, -0.25) is 43.9 Å². The summed E-state index contributed by atoms with van der Waals surface area (Å²) in [4.78, 5) is 74.1. The van der Waals surface area contributed by atoms with Crippen LogP contribution in [0.25, 0.3) is 6.20 Å². The SMILES string of the molecule is C=CC(=O)Nc1ccc(CN2CC/C(=N\C3OC3c3nn(/C=C/C(=O)Nc4cccc(CN5CC[C@H](NC(=O)c6[nH]ncc6NC(=O)c6c(Cl)cccc6Cl)C5)c4)cc3NC(=O)c3c(Cl)cccc3Cl)C2)cc1. The smallest absolute Gasteiger partial charge is 0.271 e. The fourth-order valence-corrected chi connectivity index (χ4v) is 9.64. The Kier molecular flexibility index (Phi) is 15.8. The summed E-state index contributed by atoms with van der Waals surface area (Å²) in [6, 6.07) is 24.4. The summed E-state index contributed by atoms with van der Waals surface area (Å²) in [5.74, 6) is -2.26. The molecule has 6 N–H and O–H groups in total. The largest absolute Gasteiger partial charge is 0.347 e. The molecule has 5 amide bonds. The van der Waals surface area contributed by atoms with Crippen molar-refractivity contribution in [1.82, 2.24) is 35.1 Å². The van der Waals surface area contributed by atoms with Crippen LogP contribution in [0, 0.1) is 0 Å². The number of ether oxygens (including phenoxy) is 1. The van der Waals surface area contributed by atoms with Crippen LogP contribution in [-0.4, -0.2) is 103 Å². The number of aliphatic imine (C=N–C) groups is 1. The average molecular weight is 1060 g/mol. The minimum atomic E-state index is -0.578. The van der Waals surface area contributed by atoms with Gasteiger partial charge in [-0.1, -0.05) is 89.4 Å². The number of halogens is 4. The first-order valence-electron chi connectivity index (χ1n) is 23.0. The molecule has 0 spiro atoms. The zero-order valence-electron chi connectivity index (χ0n) is 38.7. The zero-order valence-corrected chi connectivity index (χ0v) is 41.7. The van der Waals surface area contributed by atoms with Crippen molar-refractivity contribution in [3.8, 4) is 0 Å². The van der Waals surface area contributed by atoms with Crippen LogP contribution in [0.3, 0.4) is 0 Å². The van der Waals surface area contributed by atoms with Gasteiger partial charge in [-0.25, -0.2) is 4.68 Å². The van der Waals surface area contributed by atoms with E-state index in [9.17, 15) is 24.0 Å². The molecule has 3 saturated heterocycles. The van der Waals surface area contributed by atoms with Gasteiger partial charge >= 0.3 is 0 Å². The number of benzene rings is 4. The molecule has 6 aromatic rings. The number of amides is 5. The summed E-state index contributed by atoms with van der Waals surface area (Å²) >= 11 is 25.2. The van der Waals surface area contributed by atoms with Gasteiger partial charge in [-0.2, -0.15) is 10.2 Å². The van der Waals surface area contributed by atoms with Gasteiger partial charge in [-0.05, 0) is 78.6 Å². The van der Waals surface area contributed by atoms with E-state index in [0.717, 1.165) is 29.8 Å². The van der Waals surface area contributed by atoms with E-state index < -0.39 is 36.0 Å². The highest BCUT2D eigenvalue weighted by Gasteiger charge is 2.45. The predicted octanol–water partition coefficient (Wildman–Crippen LogP) is 8.71. The number of aromatic nitrogens is 4. The number of H-pyrrole nitrogens is 1. The molecule has 3 aliphatic heterocycles. The lowest BCUT2D eigenvalue weighted by Gasteiger charge is -2.17. The Hall–Kier alpha value is -7.16. The maximum absolute atomic E-state index is 13.6. The van der Waals surface area contributed by atoms with Crippen molar-refractivity contribution in [1.29, 1.82) is 0 Å². The van der Waals surface area contributed by atoms with Crippen molar-refractivity contribution >= 4 is 111 Å². The summed E-state index contributed by atoms with van der Waals surface area (Å²) in [6.07, 6.45) is 7.25. The number of carbonyl (C=O) groups is 5. The fraction of sp³-hybridized carbons (Fsp3) is 0.216. The van der Waals surface area contributed by atoms with Crippen LogP contribution < -0.4 is 26.6 Å². The Morgan fingerprint density at radius 3 is 2.11 bits per heavy atom. The number of epoxide rings is 1. The van der Waals surface area contributed by atoms with E-state index >= 15 is 0 Å². The number of nitrogens with one attached hydrogen (secondary N) is 6. The van der Waals surface area contributed by atoms with E-state index in [1.807, 2.05) is 42.5 Å². The molecule has 374 valence electrons. The van der Waals surface area contributed by atoms with Gasteiger partial charge in [0.15, 0.2) is 12.3 Å². The van der Waals surface area contributed by atoms with Gasteiger partial charge in [0.1, 0.15) is 11.4 Å². The number of hydrogen-bond donors (Lipinski definition) is 6. The first-order chi connectivity index (χ1) is 35.3. The van der Waals surface area contributed by atoms with Gasteiger partial charge in [0.2, 0.25) is 11.8 Å². The summed E-state index contributed by atoms with van der Waals surface area (Å²) in [6.45, 7) is 7.46. The van der Waals surface area contributed by atoms with E-state index in [2.05, 4.69) is 58.3 Å². The van der Waals surface area contributed by atoms with Crippen LogP contribution in [0.15, 0.2) is 121 Å². The maximum Gasteiger partial charge on any atom is 0.271 e. The first-order valence-corrected chi connectivity index (χ1v) is 24.5. The normalized spacial score (nSPS) is 18.2. The Balaban J connectivity index is 0.799. The first kappa shape index (κ1) is 50.8. The second-order valence-electron chi connectivity index (χ2n) is 17.4. The van der Waals surface area contributed by atoms with E-state index in [4.69, 9.17) is 56.1 Å². The molecule has 0 saturated carbocycles. The molecular weight excluding hydrogens is 1020 g/mol. The van der Waals surface area contributed by atoms with Crippen LogP contribution in [-0.2, 0) is 27.4 Å². The summed E-state index contributed by atoms with van der Waals surface area (Å²) in [5, 5.41) is 26.2. The molecule has 5 heterocycles. The van der Waals surface area contributed by atoms with Crippen molar-refractivity contribution in [3.63, 3.8) is 0 Å². The number of nitrogens with zero attached hydrogens (tertiary/aromatic N) is 6. The van der Waals surface area contributed by atoms with Gasteiger partial charge in [-0.15, -0.1) is 0 Å². The van der Waals surface area contributed by atoms with Crippen molar-refractivity contribution < 1.29 is 28.7 Å². The van der Waals surface area contributed by atoms with Crippen LogP contribution in [0.4, 0.5) is 22.7 Å². The van der Waals surface area contributed by atoms with E-state index in [-0.39, 0.29) is 54.5 Å². The van der Waals surface area contributed by atoms with Crippen molar-refractivity contribution in [3.05, 3.63) is 170 Å². The quantitative estimate of drug-likeness (QED) is 0.0377. The Morgan fingerprint density at radius 2 is 1.41 bits per heavy atom. The molecule has 22 heteroatoms. The highest BCUT2D eigenvalue weighted by atomic mass is 35.5.